The number of hydrogen-bond acceptors (Lipinski definition) is 5. The summed E-state index contributed by atoms with van der Waals surface area (Å²) in [6.45, 7) is 0. The summed E-state index contributed by atoms with van der Waals surface area (Å²) in [5.74, 6) is 0.338. The number of ether oxygens (including phenoxy) is 2. The van der Waals surface area contributed by atoms with Gasteiger partial charge in [-0.15, -0.1) is 8.78 Å². The van der Waals surface area contributed by atoms with Crippen molar-refractivity contribution in [3.63, 3.8) is 0 Å². The summed E-state index contributed by atoms with van der Waals surface area (Å²) < 4.78 is 34.4. The van der Waals surface area contributed by atoms with Gasteiger partial charge in [0.05, 0.1) is 11.6 Å². The molecule has 1 aliphatic rings. The molecule has 0 amide bonds. The van der Waals surface area contributed by atoms with Gasteiger partial charge in [-0.25, -0.2) is 4.98 Å². The lowest BCUT2D eigenvalue weighted by Gasteiger charge is -2.06. The van der Waals surface area contributed by atoms with Crippen molar-refractivity contribution in [2.75, 3.05) is 5.32 Å². The molecular formula is C13H7F2N3O2. The van der Waals surface area contributed by atoms with E-state index in [4.69, 9.17) is 5.26 Å². The Morgan fingerprint density at radius 2 is 1.95 bits per heavy atom. The Balaban J connectivity index is 1.85. The standard InChI is InChI=1S/C13H7F2N3O2/c14-13(15)19-10-2-1-9(6-11(10)20-13)18-12-5-8(7-16)3-4-17-12/h1-6H,(H,17,18). The third kappa shape index (κ3) is 2.31. The van der Waals surface area contributed by atoms with Gasteiger partial charge in [0.15, 0.2) is 11.5 Å². The minimum absolute atomic E-state index is 0.0284. The molecule has 0 fully saturated rings. The van der Waals surface area contributed by atoms with Crippen LogP contribution in [-0.2, 0) is 0 Å². The van der Waals surface area contributed by atoms with E-state index >= 15 is 0 Å². The van der Waals surface area contributed by atoms with Crippen LogP contribution in [0.3, 0.4) is 0 Å². The van der Waals surface area contributed by atoms with Crippen LogP contribution in [-0.4, -0.2) is 11.3 Å². The second-order valence-corrected chi connectivity index (χ2v) is 4.00. The predicted molar refractivity (Wildman–Crippen MR) is 64.9 cm³/mol. The maximum atomic E-state index is 12.9. The van der Waals surface area contributed by atoms with Crippen LogP contribution in [0.25, 0.3) is 0 Å². The highest BCUT2D eigenvalue weighted by atomic mass is 19.3. The van der Waals surface area contributed by atoms with Crippen LogP contribution in [0.15, 0.2) is 36.5 Å². The molecule has 3 rings (SSSR count). The molecule has 0 bridgehead atoms. The zero-order valence-electron chi connectivity index (χ0n) is 9.93. The number of nitriles is 1. The summed E-state index contributed by atoms with van der Waals surface area (Å²) in [5, 5.41) is 11.7. The molecule has 0 atom stereocenters. The van der Waals surface area contributed by atoms with E-state index in [1.807, 2.05) is 6.07 Å². The molecule has 1 aromatic carbocycles. The Bertz CT molecular complexity index is 713. The van der Waals surface area contributed by atoms with Crippen LogP contribution in [0.5, 0.6) is 11.5 Å². The number of pyridine rings is 1. The second-order valence-electron chi connectivity index (χ2n) is 4.00. The normalized spacial score (nSPS) is 14.7. The van der Waals surface area contributed by atoms with Gasteiger partial charge in [0.1, 0.15) is 5.82 Å². The summed E-state index contributed by atoms with van der Waals surface area (Å²) >= 11 is 0. The minimum Gasteiger partial charge on any atom is -0.395 e. The van der Waals surface area contributed by atoms with E-state index in [1.165, 1.54) is 18.3 Å². The second kappa shape index (κ2) is 4.35. The highest BCUT2D eigenvalue weighted by Crippen LogP contribution is 2.42. The first-order valence-electron chi connectivity index (χ1n) is 5.59. The first kappa shape index (κ1) is 12.2. The van der Waals surface area contributed by atoms with Crippen molar-refractivity contribution in [1.82, 2.24) is 4.98 Å². The molecule has 7 heteroatoms. The smallest absolute Gasteiger partial charge is 0.395 e. The highest BCUT2D eigenvalue weighted by molar-refractivity contribution is 5.62. The molecule has 1 N–H and O–H groups in total. The molecular weight excluding hydrogens is 268 g/mol. The van der Waals surface area contributed by atoms with Crippen molar-refractivity contribution >= 4 is 11.5 Å². The Morgan fingerprint density at radius 1 is 1.15 bits per heavy atom. The van der Waals surface area contributed by atoms with Gasteiger partial charge in [-0.1, -0.05) is 0 Å². The topological polar surface area (TPSA) is 67.2 Å². The van der Waals surface area contributed by atoms with Gasteiger partial charge in [-0.2, -0.15) is 5.26 Å². The number of nitrogens with one attached hydrogen (secondary N) is 1. The predicted octanol–water partition coefficient (Wildman–Crippen LogP) is 3.02. The SMILES string of the molecule is N#Cc1ccnc(Nc2ccc3c(c2)OC(F)(F)O3)c1. The molecule has 2 heterocycles. The van der Waals surface area contributed by atoms with Crippen molar-refractivity contribution < 1.29 is 18.3 Å². The molecule has 0 saturated carbocycles. The minimum atomic E-state index is -3.64. The van der Waals surface area contributed by atoms with Crippen LogP contribution < -0.4 is 14.8 Å². The van der Waals surface area contributed by atoms with Crippen LogP contribution >= 0.6 is 0 Å². The number of fused-ring (bicyclic) bond motifs is 1. The highest BCUT2D eigenvalue weighted by Gasteiger charge is 2.43. The van der Waals surface area contributed by atoms with E-state index in [1.54, 1.807) is 18.2 Å². The van der Waals surface area contributed by atoms with Gasteiger partial charge in [-0.3, -0.25) is 0 Å². The Morgan fingerprint density at radius 3 is 2.75 bits per heavy atom. The van der Waals surface area contributed by atoms with E-state index in [2.05, 4.69) is 19.8 Å². The molecule has 1 aromatic heterocycles. The van der Waals surface area contributed by atoms with Crippen LogP contribution in [0.2, 0.25) is 0 Å². The summed E-state index contributed by atoms with van der Waals surface area (Å²) in [4.78, 5) is 4.02. The summed E-state index contributed by atoms with van der Waals surface area (Å²) in [5.41, 5.74) is 0.933. The Kier molecular flexibility index (Phi) is 2.64. The lowest BCUT2D eigenvalue weighted by molar-refractivity contribution is -0.286. The average Bonchev–Trinajstić information content (AvgIpc) is 2.72. The van der Waals surface area contributed by atoms with E-state index < -0.39 is 6.29 Å². The molecule has 1 aliphatic heterocycles. The molecule has 0 aliphatic carbocycles. The molecule has 0 spiro atoms. The number of benzene rings is 1. The lowest BCUT2D eigenvalue weighted by atomic mass is 10.2. The lowest BCUT2D eigenvalue weighted by Crippen LogP contribution is -2.25. The Labute approximate surface area is 112 Å². The van der Waals surface area contributed by atoms with Gasteiger partial charge >= 0.3 is 6.29 Å². The van der Waals surface area contributed by atoms with Crippen molar-refractivity contribution in [3.05, 3.63) is 42.1 Å². The van der Waals surface area contributed by atoms with Gasteiger partial charge in [-0.05, 0) is 24.3 Å². The van der Waals surface area contributed by atoms with Gasteiger partial charge in [0.2, 0.25) is 0 Å². The van der Waals surface area contributed by atoms with Crippen molar-refractivity contribution in [2.45, 2.75) is 6.29 Å². The molecule has 0 radical (unpaired) electrons. The zero-order valence-corrected chi connectivity index (χ0v) is 9.93. The van der Waals surface area contributed by atoms with E-state index in [0.717, 1.165) is 0 Å². The fourth-order valence-electron chi connectivity index (χ4n) is 1.74. The summed E-state index contributed by atoms with van der Waals surface area (Å²) in [6, 6.07) is 9.37. The third-order valence-electron chi connectivity index (χ3n) is 2.56. The number of halogens is 2. The molecule has 5 nitrogen and oxygen atoms in total. The monoisotopic (exact) mass is 275 g/mol. The summed E-state index contributed by atoms with van der Waals surface area (Å²) in [7, 11) is 0. The van der Waals surface area contributed by atoms with E-state index in [0.29, 0.717) is 17.1 Å². The van der Waals surface area contributed by atoms with Gasteiger partial charge in [0, 0.05) is 18.0 Å². The number of hydrogen-bond donors (Lipinski definition) is 1. The number of aromatic nitrogens is 1. The quantitative estimate of drug-likeness (QED) is 0.912. The molecule has 20 heavy (non-hydrogen) atoms. The van der Waals surface area contributed by atoms with Crippen molar-refractivity contribution in [3.8, 4) is 17.6 Å². The first-order valence-corrected chi connectivity index (χ1v) is 5.59. The first-order chi connectivity index (χ1) is 9.55. The van der Waals surface area contributed by atoms with Crippen LogP contribution in [0.4, 0.5) is 20.3 Å². The van der Waals surface area contributed by atoms with E-state index in [-0.39, 0.29) is 11.5 Å². The Hall–Kier alpha value is -2.88. The maximum Gasteiger partial charge on any atom is 0.586 e. The summed E-state index contributed by atoms with van der Waals surface area (Å²) in [6.07, 6.45) is -2.16. The van der Waals surface area contributed by atoms with Crippen LogP contribution in [0.1, 0.15) is 5.56 Å². The molecule has 2 aromatic rings. The number of nitrogens with zero attached hydrogens (tertiary/aromatic N) is 2. The zero-order chi connectivity index (χ0) is 14.2. The number of rotatable bonds is 2. The number of alkyl halides is 2. The van der Waals surface area contributed by atoms with E-state index in [9.17, 15) is 8.78 Å². The van der Waals surface area contributed by atoms with Crippen molar-refractivity contribution in [2.24, 2.45) is 0 Å². The fraction of sp³-hybridized carbons (Fsp3) is 0.0769. The van der Waals surface area contributed by atoms with Crippen molar-refractivity contribution in [1.29, 1.82) is 5.26 Å². The maximum absolute atomic E-state index is 12.9. The molecule has 100 valence electrons. The third-order valence-corrected chi connectivity index (χ3v) is 2.56. The molecule has 0 unspecified atom stereocenters. The largest absolute Gasteiger partial charge is 0.586 e. The van der Waals surface area contributed by atoms with Gasteiger partial charge in [0.25, 0.3) is 0 Å². The average molecular weight is 275 g/mol. The molecule has 0 saturated heterocycles. The van der Waals surface area contributed by atoms with Crippen LogP contribution in [0, 0.1) is 11.3 Å². The fourth-order valence-corrected chi connectivity index (χ4v) is 1.74. The number of anilines is 2. The van der Waals surface area contributed by atoms with Gasteiger partial charge < -0.3 is 14.8 Å².